The molecule has 0 bridgehead atoms. The van der Waals surface area contributed by atoms with Crippen molar-refractivity contribution in [2.24, 2.45) is 0 Å². The lowest BCUT2D eigenvalue weighted by Gasteiger charge is -2.10. The van der Waals surface area contributed by atoms with Gasteiger partial charge in [0.1, 0.15) is 5.75 Å². The molecule has 100 valence electrons. The quantitative estimate of drug-likeness (QED) is 0.788. The van der Waals surface area contributed by atoms with Crippen LogP contribution in [0, 0.1) is 0 Å². The number of fused-ring (bicyclic) bond motifs is 1. The maximum absolute atomic E-state index is 11.2. The summed E-state index contributed by atoms with van der Waals surface area (Å²) in [5, 5.41) is 13.3. The Morgan fingerprint density at radius 1 is 1.30 bits per heavy atom. The number of carboxylic acids is 1. The van der Waals surface area contributed by atoms with Crippen LogP contribution in [0.3, 0.4) is 0 Å². The first kappa shape index (κ1) is 12.2. The van der Waals surface area contributed by atoms with Crippen molar-refractivity contribution in [3.63, 3.8) is 0 Å². The summed E-state index contributed by atoms with van der Waals surface area (Å²) in [4.78, 5) is 15.2. The molecule has 0 radical (unpaired) electrons. The largest absolute Gasteiger partial charge is 0.496 e. The molecule has 0 amide bonds. The number of methoxy groups -OCH3 is 1. The number of ether oxygens (including phenoxy) is 1. The molecule has 0 atom stereocenters. The Labute approximate surface area is 114 Å². The molecule has 3 rings (SSSR count). The van der Waals surface area contributed by atoms with Gasteiger partial charge in [-0.2, -0.15) is 5.10 Å². The van der Waals surface area contributed by atoms with E-state index < -0.39 is 5.97 Å². The van der Waals surface area contributed by atoms with Crippen LogP contribution < -0.4 is 4.74 Å². The fourth-order valence-corrected chi connectivity index (χ4v) is 2.07. The Kier molecular flexibility index (Phi) is 2.83. The summed E-state index contributed by atoms with van der Waals surface area (Å²) in [5.74, 6) is -0.434. The second-order valence-electron chi connectivity index (χ2n) is 4.13. The minimum absolute atomic E-state index is 0.0288. The van der Waals surface area contributed by atoms with Crippen LogP contribution in [-0.4, -0.2) is 32.8 Å². The zero-order chi connectivity index (χ0) is 14.1. The van der Waals surface area contributed by atoms with Crippen LogP contribution in [-0.2, 0) is 0 Å². The molecule has 0 spiro atoms. The summed E-state index contributed by atoms with van der Waals surface area (Å²) < 4.78 is 6.90. The van der Waals surface area contributed by atoms with Crippen LogP contribution in [0.1, 0.15) is 10.5 Å². The van der Waals surface area contributed by atoms with Crippen molar-refractivity contribution in [1.82, 2.24) is 14.6 Å². The van der Waals surface area contributed by atoms with Crippen LogP contribution in [0.2, 0.25) is 0 Å². The molecule has 0 aliphatic heterocycles. The number of rotatable bonds is 3. The van der Waals surface area contributed by atoms with Gasteiger partial charge in [-0.1, -0.05) is 12.1 Å². The highest BCUT2D eigenvalue weighted by Crippen LogP contribution is 2.29. The van der Waals surface area contributed by atoms with Crippen molar-refractivity contribution in [2.75, 3.05) is 7.11 Å². The zero-order valence-corrected chi connectivity index (χ0v) is 10.6. The molecule has 20 heavy (non-hydrogen) atoms. The zero-order valence-electron chi connectivity index (χ0n) is 10.6. The summed E-state index contributed by atoms with van der Waals surface area (Å²) in [6, 6.07) is 10.5. The average molecular weight is 269 g/mol. The molecule has 0 fully saturated rings. The number of aromatic nitrogens is 3. The van der Waals surface area contributed by atoms with E-state index in [4.69, 9.17) is 9.84 Å². The van der Waals surface area contributed by atoms with Gasteiger partial charge in [0.25, 0.3) is 0 Å². The van der Waals surface area contributed by atoms with E-state index in [-0.39, 0.29) is 5.69 Å². The first-order valence-corrected chi connectivity index (χ1v) is 5.92. The van der Waals surface area contributed by atoms with Gasteiger partial charge < -0.3 is 9.84 Å². The molecule has 2 aromatic heterocycles. The van der Waals surface area contributed by atoms with E-state index in [1.54, 1.807) is 23.9 Å². The number of aromatic carboxylic acids is 1. The highest BCUT2D eigenvalue weighted by Gasteiger charge is 2.15. The fourth-order valence-electron chi connectivity index (χ4n) is 2.07. The molecule has 2 heterocycles. The smallest absolute Gasteiger partial charge is 0.354 e. The van der Waals surface area contributed by atoms with Crippen LogP contribution in [0.25, 0.3) is 16.9 Å². The van der Waals surface area contributed by atoms with Crippen molar-refractivity contribution >= 4 is 11.6 Å². The average Bonchev–Trinajstić information content (AvgIpc) is 2.94. The second kappa shape index (κ2) is 4.65. The molecular weight excluding hydrogens is 258 g/mol. The van der Waals surface area contributed by atoms with Gasteiger partial charge in [-0.25, -0.2) is 14.3 Å². The maximum atomic E-state index is 11.2. The molecule has 0 unspecified atom stereocenters. The second-order valence-corrected chi connectivity index (χ2v) is 4.13. The summed E-state index contributed by atoms with van der Waals surface area (Å²) in [6.07, 6.45) is 1.58. The standard InChI is InChI=1S/C14H11N3O3/c1-20-12-5-3-2-4-9(12)11-8-10(14(18)19)16-13-6-7-15-17(11)13/h2-8H,1H3,(H,18,19). The number of benzene rings is 1. The molecule has 0 aliphatic rings. The first-order chi connectivity index (χ1) is 9.70. The maximum Gasteiger partial charge on any atom is 0.354 e. The monoisotopic (exact) mass is 269 g/mol. The number of hydrogen-bond acceptors (Lipinski definition) is 4. The van der Waals surface area contributed by atoms with Gasteiger partial charge >= 0.3 is 5.97 Å². The number of carboxylic acid groups (broad SMARTS) is 1. The van der Waals surface area contributed by atoms with Crippen LogP contribution in [0.4, 0.5) is 0 Å². The first-order valence-electron chi connectivity index (χ1n) is 5.92. The van der Waals surface area contributed by atoms with Crippen LogP contribution >= 0.6 is 0 Å². The lowest BCUT2D eigenvalue weighted by atomic mass is 10.1. The van der Waals surface area contributed by atoms with E-state index in [2.05, 4.69) is 10.1 Å². The molecule has 0 saturated carbocycles. The predicted molar refractivity (Wildman–Crippen MR) is 71.9 cm³/mol. The Morgan fingerprint density at radius 2 is 2.10 bits per heavy atom. The number of carbonyl (C=O) groups is 1. The summed E-state index contributed by atoms with van der Waals surface area (Å²) in [5.41, 5.74) is 1.83. The lowest BCUT2D eigenvalue weighted by molar-refractivity contribution is 0.0690. The molecule has 0 saturated heterocycles. The van der Waals surface area contributed by atoms with Gasteiger partial charge in [-0.05, 0) is 18.2 Å². The molecule has 1 N–H and O–H groups in total. The van der Waals surface area contributed by atoms with Gasteiger partial charge in [0.05, 0.1) is 19.0 Å². The van der Waals surface area contributed by atoms with Gasteiger partial charge in [0, 0.05) is 11.6 Å². The molecular formula is C14H11N3O3. The number of hydrogen-bond donors (Lipinski definition) is 1. The Hall–Kier alpha value is -2.89. The fraction of sp³-hybridized carbons (Fsp3) is 0.0714. The van der Waals surface area contributed by atoms with Gasteiger partial charge in [-0.15, -0.1) is 0 Å². The van der Waals surface area contributed by atoms with Crippen LogP contribution in [0.15, 0.2) is 42.6 Å². The third kappa shape index (κ3) is 1.87. The summed E-state index contributed by atoms with van der Waals surface area (Å²) in [6.45, 7) is 0. The topological polar surface area (TPSA) is 76.7 Å². The van der Waals surface area contributed by atoms with E-state index in [9.17, 15) is 4.79 Å². The van der Waals surface area contributed by atoms with Crippen molar-refractivity contribution in [3.8, 4) is 17.0 Å². The SMILES string of the molecule is COc1ccccc1-c1cc(C(=O)O)nc2ccnn12. The molecule has 6 heteroatoms. The number of nitrogens with zero attached hydrogens (tertiary/aromatic N) is 3. The molecule has 3 aromatic rings. The van der Waals surface area contributed by atoms with Crippen molar-refractivity contribution < 1.29 is 14.6 Å². The minimum Gasteiger partial charge on any atom is -0.496 e. The summed E-state index contributed by atoms with van der Waals surface area (Å²) >= 11 is 0. The molecule has 6 nitrogen and oxygen atoms in total. The Balaban J connectivity index is 2.34. The van der Waals surface area contributed by atoms with Gasteiger partial charge in [0.2, 0.25) is 0 Å². The molecule has 0 aliphatic carbocycles. The van der Waals surface area contributed by atoms with E-state index >= 15 is 0 Å². The van der Waals surface area contributed by atoms with Crippen LogP contribution in [0.5, 0.6) is 5.75 Å². The third-order valence-electron chi connectivity index (χ3n) is 2.96. The minimum atomic E-state index is -1.08. The Morgan fingerprint density at radius 3 is 2.85 bits per heavy atom. The van der Waals surface area contributed by atoms with E-state index in [1.807, 2.05) is 24.3 Å². The lowest BCUT2D eigenvalue weighted by Crippen LogP contribution is -2.05. The van der Waals surface area contributed by atoms with Crippen molar-refractivity contribution in [3.05, 3.63) is 48.3 Å². The normalized spacial score (nSPS) is 10.7. The van der Waals surface area contributed by atoms with Gasteiger partial charge in [-0.3, -0.25) is 0 Å². The predicted octanol–water partition coefficient (Wildman–Crippen LogP) is 2.10. The summed E-state index contributed by atoms with van der Waals surface area (Å²) in [7, 11) is 1.57. The van der Waals surface area contributed by atoms with Crippen molar-refractivity contribution in [2.45, 2.75) is 0 Å². The third-order valence-corrected chi connectivity index (χ3v) is 2.96. The highest BCUT2D eigenvalue weighted by molar-refractivity contribution is 5.88. The van der Waals surface area contributed by atoms with Gasteiger partial charge in [0.15, 0.2) is 11.3 Å². The van der Waals surface area contributed by atoms with Crippen molar-refractivity contribution in [1.29, 1.82) is 0 Å². The van der Waals surface area contributed by atoms with E-state index in [0.29, 0.717) is 17.1 Å². The Bertz CT molecular complexity index is 795. The van der Waals surface area contributed by atoms with E-state index in [1.165, 1.54) is 6.07 Å². The highest BCUT2D eigenvalue weighted by atomic mass is 16.5. The molecule has 1 aromatic carbocycles. The van der Waals surface area contributed by atoms with E-state index in [0.717, 1.165) is 5.56 Å². The number of para-hydroxylation sites is 1.